The summed E-state index contributed by atoms with van der Waals surface area (Å²) in [4.78, 5) is 29.6. The number of hydrogen-bond donors (Lipinski definition) is 0. The first-order valence-corrected chi connectivity index (χ1v) is 15.1. The summed E-state index contributed by atoms with van der Waals surface area (Å²) >= 11 is 1.70. The van der Waals surface area contributed by atoms with E-state index in [-0.39, 0.29) is 6.09 Å². The van der Waals surface area contributed by atoms with E-state index < -0.39 is 5.60 Å². The zero-order chi connectivity index (χ0) is 28.6. The van der Waals surface area contributed by atoms with Crippen LogP contribution in [0.1, 0.15) is 62.9 Å². The number of thiazole rings is 1. The minimum atomic E-state index is -0.559. The third-order valence-electron chi connectivity index (χ3n) is 7.31. The number of carbonyl (C=O) groups excluding carboxylic acids is 1. The third kappa shape index (κ3) is 6.36. The Bertz CT molecular complexity index is 1550. The molecule has 9 heteroatoms. The molecule has 1 aliphatic carbocycles. The summed E-state index contributed by atoms with van der Waals surface area (Å²) in [5, 5.41) is 3.03. The SMILES string of the molecule is CN(Cc1nc(-c2cncc3cc(-c4ccncc4OC4CC4)ccc23)sc1C1CCOCC1)C(=O)OC(C)(C)C. The zero-order valence-corrected chi connectivity index (χ0v) is 24.9. The van der Waals surface area contributed by atoms with Gasteiger partial charge in [-0.2, -0.15) is 0 Å². The summed E-state index contributed by atoms with van der Waals surface area (Å²) in [7, 11) is 1.77. The topological polar surface area (TPSA) is 86.7 Å². The summed E-state index contributed by atoms with van der Waals surface area (Å²) < 4.78 is 17.4. The molecule has 0 unspecified atom stereocenters. The predicted molar refractivity (Wildman–Crippen MR) is 160 cm³/mol. The maximum Gasteiger partial charge on any atom is 0.410 e. The lowest BCUT2D eigenvalue weighted by Gasteiger charge is -2.25. The zero-order valence-electron chi connectivity index (χ0n) is 24.1. The Labute approximate surface area is 244 Å². The van der Waals surface area contributed by atoms with Crippen LogP contribution in [-0.2, 0) is 16.0 Å². The van der Waals surface area contributed by atoms with Gasteiger partial charge in [0, 0.05) is 60.2 Å². The van der Waals surface area contributed by atoms with Gasteiger partial charge in [0.1, 0.15) is 16.4 Å². The number of aromatic nitrogens is 3. The van der Waals surface area contributed by atoms with Gasteiger partial charge < -0.3 is 19.1 Å². The highest BCUT2D eigenvalue weighted by molar-refractivity contribution is 7.15. The molecule has 4 heterocycles. The fraction of sp³-hybridized carbons (Fsp3) is 0.438. The van der Waals surface area contributed by atoms with E-state index in [9.17, 15) is 4.79 Å². The van der Waals surface area contributed by atoms with Gasteiger partial charge in [-0.15, -0.1) is 11.3 Å². The molecule has 2 fully saturated rings. The number of carbonyl (C=O) groups is 1. The second-order valence-electron chi connectivity index (χ2n) is 11.9. The van der Waals surface area contributed by atoms with Crippen LogP contribution in [0.2, 0.25) is 0 Å². The van der Waals surface area contributed by atoms with E-state index in [0.717, 1.165) is 82.8 Å². The van der Waals surface area contributed by atoms with E-state index in [2.05, 4.69) is 28.2 Å². The molecule has 0 N–H and O–H groups in total. The fourth-order valence-corrected chi connectivity index (χ4v) is 6.36. The van der Waals surface area contributed by atoms with Crippen molar-refractivity contribution in [3.63, 3.8) is 0 Å². The Kier molecular flexibility index (Phi) is 7.66. The number of pyridine rings is 2. The molecule has 1 aliphatic heterocycles. The number of ether oxygens (including phenoxy) is 3. The van der Waals surface area contributed by atoms with E-state index in [0.29, 0.717) is 18.6 Å². The van der Waals surface area contributed by atoms with Crippen molar-refractivity contribution in [2.75, 3.05) is 20.3 Å². The largest absolute Gasteiger partial charge is 0.488 e. The highest BCUT2D eigenvalue weighted by Gasteiger charge is 2.28. The van der Waals surface area contributed by atoms with E-state index >= 15 is 0 Å². The van der Waals surface area contributed by atoms with Gasteiger partial charge in [-0.3, -0.25) is 9.97 Å². The van der Waals surface area contributed by atoms with Crippen LogP contribution in [0.3, 0.4) is 0 Å². The molecule has 1 saturated heterocycles. The van der Waals surface area contributed by atoms with Crippen molar-refractivity contribution in [3.8, 4) is 27.4 Å². The summed E-state index contributed by atoms with van der Waals surface area (Å²) in [5.74, 6) is 1.17. The van der Waals surface area contributed by atoms with Crippen LogP contribution in [0, 0.1) is 0 Å². The van der Waals surface area contributed by atoms with Crippen LogP contribution in [0.25, 0.3) is 32.5 Å². The molecule has 0 atom stereocenters. The van der Waals surface area contributed by atoms with Crippen molar-refractivity contribution in [1.82, 2.24) is 19.9 Å². The Morgan fingerprint density at radius 1 is 1.05 bits per heavy atom. The molecule has 214 valence electrons. The highest BCUT2D eigenvalue weighted by atomic mass is 32.1. The molecule has 4 aromatic rings. The molecule has 6 rings (SSSR count). The van der Waals surface area contributed by atoms with Crippen LogP contribution in [-0.4, -0.2) is 57.9 Å². The molecule has 3 aromatic heterocycles. The summed E-state index contributed by atoms with van der Waals surface area (Å²) in [5.41, 5.74) is 3.44. The summed E-state index contributed by atoms with van der Waals surface area (Å²) in [6.45, 7) is 7.48. The molecule has 2 aliphatic rings. The van der Waals surface area contributed by atoms with Crippen LogP contribution in [0.15, 0.2) is 49.1 Å². The summed E-state index contributed by atoms with van der Waals surface area (Å²) in [6, 6.07) is 8.44. The van der Waals surface area contributed by atoms with Gasteiger partial charge in [0.15, 0.2) is 0 Å². The molecule has 1 aromatic carbocycles. The van der Waals surface area contributed by atoms with Crippen LogP contribution in [0.5, 0.6) is 5.75 Å². The fourth-order valence-electron chi connectivity index (χ4n) is 5.09. The van der Waals surface area contributed by atoms with Gasteiger partial charge in [-0.05, 0) is 75.5 Å². The first-order valence-electron chi connectivity index (χ1n) is 14.3. The molecule has 1 amide bonds. The van der Waals surface area contributed by atoms with Crippen molar-refractivity contribution in [3.05, 3.63) is 59.6 Å². The van der Waals surface area contributed by atoms with Gasteiger partial charge in [0.25, 0.3) is 0 Å². The first kappa shape index (κ1) is 27.6. The molecule has 1 saturated carbocycles. The van der Waals surface area contributed by atoms with E-state index in [1.54, 1.807) is 35.7 Å². The van der Waals surface area contributed by atoms with Crippen molar-refractivity contribution in [2.45, 2.75) is 70.6 Å². The smallest absolute Gasteiger partial charge is 0.410 e. The highest BCUT2D eigenvalue weighted by Crippen LogP contribution is 2.41. The Morgan fingerprint density at radius 3 is 2.61 bits per heavy atom. The monoisotopic (exact) mass is 572 g/mol. The number of rotatable bonds is 7. The van der Waals surface area contributed by atoms with Crippen molar-refractivity contribution >= 4 is 28.2 Å². The molecule has 8 nitrogen and oxygen atoms in total. The lowest BCUT2D eigenvalue weighted by atomic mass is 9.97. The number of amides is 1. The van der Waals surface area contributed by atoms with Crippen molar-refractivity contribution in [2.24, 2.45) is 0 Å². The molecular weight excluding hydrogens is 536 g/mol. The Balaban J connectivity index is 1.35. The van der Waals surface area contributed by atoms with Crippen molar-refractivity contribution < 1.29 is 19.0 Å². The lowest BCUT2D eigenvalue weighted by molar-refractivity contribution is 0.0282. The van der Waals surface area contributed by atoms with Crippen LogP contribution < -0.4 is 4.74 Å². The average molecular weight is 573 g/mol. The Hall–Kier alpha value is -3.56. The van der Waals surface area contributed by atoms with E-state index in [1.165, 1.54) is 4.88 Å². The molecule has 0 spiro atoms. The number of benzene rings is 1. The number of nitrogens with zero attached hydrogens (tertiary/aromatic N) is 4. The normalized spacial score (nSPS) is 16.1. The van der Waals surface area contributed by atoms with Gasteiger partial charge in [0.05, 0.1) is 24.5 Å². The second-order valence-corrected chi connectivity index (χ2v) is 12.9. The Morgan fingerprint density at radius 2 is 1.85 bits per heavy atom. The van der Waals surface area contributed by atoms with Gasteiger partial charge in [-0.25, -0.2) is 9.78 Å². The van der Waals surface area contributed by atoms with E-state index in [1.807, 2.05) is 39.2 Å². The maximum atomic E-state index is 12.8. The van der Waals surface area contributed by atoms with Crippen LogP contribution in [0.4, 0.5) is 4.79 Å². The summed E-state index contributed by atoms with van der Waals surface area (Å²) in [6.07, 6.45) is 11.4. The van der Waals surface area contributed by atoms with Gasteiger partial charge in [-0.1, -0.05) is 12.1 Å². The quantitative estimate of drug-likeness (QED) is 0.231. The van der Waals surface area contributed by atoms with Gasteiger partial charge in [0.2, 0.25) is 0 Å². The molecule has 0 bridgehead atoms. The predicted octanol–water partition coefficient (Wildman–Crippen LogP) is 7.22. The number of fused-ring (bicyclic) bond motifs is 1. The lowest BCUT2D eigenvalue weighted by Crippen LogP contribution is -2.34. The maximum absolute atomic E-state index is 12.8. The minimum absolute atomic E-state index is 0.296. The van der Waals surface area contributed by atoms with Crippen LogP contribution >= 0.6 is 11.3 Å². The average Bonchev–Trinajstić information content (AvgIpc) is 3.68. The minimum Gasteiger partial charge on any atom is -0.488 e. The van der Waals surface area contributed by atoms with E-state index in [4.69, 9.17) is 19.2 Å². The standard InChI is InChI=1S/C32H36N4O4S/c1-32(2,3)40-31(37)36(4)19-27-29(20-10-13-38-14-11-20)41-30(35-27)26-17-34-16-22-15-21(5-8-24(22)26)25-9-12-33-18-28(25)39-23-6-7-23/h5,8-9,12,15-18,20,23H,6-7,10-11,13-14,19H2,1-4H3. The molecule has 0 radical (unpaired) electrons. The van der Waals surface area contributed by atoms with Crippen molar-refractivity contribution in [1.29, 1.82) is 0 Å². The second kappa shape index (κ2) is 11.4. The molecule has 41 heavy (non-hydrogen) atoms. The van der Waals surface area contributed by atoms with Gasteiger partial charge >= 0.3 is 6.09 Å². The first-order chi connectivity index (χ1) is 19.7. The third-order valence-corrected chi connectivity index (χ3v) is 8.61. The molecular formula is C32H36N4O4S. The number of hydrogen-bond acceptors (Lipinski definition) is 8.